The van der Waals surface area contributed by atoms with Crippen LogP contribution < -0.4 is 5.32 Å². The summed E-state index contributed by atoms with van der Waals surface area (Å²) in [6, 6.07) is 1.91. The van der Waals surface area contributed by atoms with Crippen LogP contribution in [0.1, 0.15) is 43.4 Å². The molecule has 0 atom stereocenters. The average molecular weight is 291 g/mol. The molecule has 0 bridgehead atoms. The number of hydrogen-bond donors (Lipinski definition) is 1. The first-order valence-corrected chi connectivity index (χ1v) is 7.61. The number of anilines is 1. The van der Waals surface area contributed by atoms with Crippen molar-refractivity contribution >= 4 is 22.9 Å². The van der Waals surface area contributed by atoms with Crippen LogP contribution in [0.5, 0.6) is 0 Å². The Bertz CT molecular complexity index is 641. The fourth-order valence-electron chi connectivity index (χ4n) is 1.86. The maximum Gasteiger partial charge on any atom is 0.257 e. The molecule has 0 spiro atoms. The number of carbonyl (C=O) groups is 1. The van der Waals surface area contributed by atoms with Crippen molar-refractivity contribution in [3.05, 3.63) is 16.8 Å². The summed E-state index contributed by atoms with van der Waals surface area (Å²) in [5.74, 6) is 1.69. The molecule has 6 heteroatoms. The van der Waals surface area contributed by atoms with E-state index in [-0.39, 0.29) is 17.7 Å². The van der Waals surface area contributed by atoms with Crippen LogP contribution in [-0.4, -0.2) is 16.1 Å². The van der Waals surface area contributed by atoms with Crippen molar-refractivity contribution in [3.63, 3.8) is 0 Å². The van der Waals surface area contributed by atoms with Gasteiger partial charge in [0.2, 0.25) is 11.8 Å². The lowest BCUT2D eigenvalue weighted by atomic mass is 10.2. The highest BCUT2D eigenvalue weighted by Gasteiger charge is 2.30. The number of aromatic nitrogens is 2. The second-order valence-corrected chi connectivity index (χ2v) is 6.70. The Morgan fingerprint density at radius 1 is 1.45 bits per heavy atom. The highest BCUT2D eigenvalue weighted by molar-refractivity contribution is 7.15. The monoisotopic (exact) mass is 291 g/mol. The number of nitrogens with one attached hydrogen (secondary N) is 1. The van der Waals surface area contributed by atoms with Crippen LogP contribution in [0.4, 0.5) is 5.69 Å². The lowest BCUT2D eigenvalue weighted by molar-refractivity contribution is -0.117. The minimum atomic E-state index is 0.117. The van der Waals surface area contributed by atoms with Gasteiger partial charge in [-0.1, -0.05) is 13.8 Å². The minimum absolute atomic E-state index is 0.117. The smallest absolute Gasteiger partial charge is 0.257 e. The Morgan fingerprint density at radius 2 is 2.20 bits per heavy atom. The normalized spacial score (nSPS) is 14.8. The Labute approximate surface area is 121 Å². The summed E-state index contributed by atoms with van der Waals surface area (Å²) in [5, 5.41) is 11.1. The predicted molar refractivity (Wildman–Crippen MR) is 77.8 cm³/mol. The molecule has 1 saturated carbocycles. The van der Waals surface area contributed by atoms with Crippen LogP contribution in [0.15, 0.2) is 10.5 Å². The lowest BCUT2D eigenvalue weighted by Gasteiger charge is -2.01. The van der Waals surface area contributed by atoms with Crippen molar-refractivity contribution < 1.29 is 9.21 Å². The summed E-state index contributed by atoms with van der Waals surface area (Å²) in [5.41, 5.74) is 0.853. The molecule has 0 unspecified atom stereocenters. The van der Waals surface area contributed by atoms with Gasteiger partial charge in [-0.05, 0) is 25.8 Å². The van der Waals surface area contributed by atoms with Gasteiger partial charge in [-0.3, -0.25) is 4.79 Å². The summed E-state index contributed by atoms with van der Waals surface area (Å²) in [4.78, 5) is 13.8. The van der Waals surface area contributed by atoms with Crippen molar-refractivity contribution in [2.24, 2.45) is 5.92 Å². The van der Waals surface area contributed by atoms with E-state index in [0.29, 0.717) is 11.8 Å². The van der Waals surface area contributed by atoms with E-state index in [1.807, 2.05) is 26.8 Å². The van der Waals surface area contributed by atoms with E-state index in [2.05, 4.69) is 15.5 Å². The van der Waals surface area contributed by atoms with Crippen LogP contribution in [0.2, 0.25) is 0 Å². The van der Waals surface area contributed by atoms with Crippen LogP contribution in [0, 0.1) is 12.8 Å². The van der Waals surface area contributed by atoms with E-state index in [9.17, 15) is 4.79 Å². The van der Waals surface area contributed by atoms with E-state index in [4.69, 9.17) is 4.42 Å². The van der Waals surface area contributed by atoms with Crippen LogP contribution in [0.3, 0.4) is 0 Å². The van der Waals surface area contributed by atoms with Gasteiger partial charge in [-0.2, -0.15) is 0 Å². The number of rotatable bonds is 4. The van der Waals surface area contributed by atoms with Gasteiger partial charge in [0.05, 0.1) is 10.6 Å². The summed E-state index contributed by atoms with van der Waals surface area (Å²) in [6.45, 7) is 6.01. The topological polar surface area (TPSA) is 68.0 Å². The molecule has 0 saturated heterocycles. The van der Waals surface area contributed by atoms with Gasteiger partial charge in [0.1, 0.15) is 0 Å². The molecule has 2 heterocycles. The van der Waals surface area contributed by atoms with E-state index < -0.39 is 0 Å². The molecular formula is C14H17N3O2S. The van der Waals surface area contributed by atoms with Gasteiger partial charge in [-0.15, -0.1) is 21.5 Å². The largest absolute Gasteiger partial charge is 0.420 e. The molecule has 0 aromatic carbocycles. The first-order chi connectivity index (χ1) is 9.54. The molecule has 2 aromatic heterocycles. The molecule has 1 N–H and O–H groups in total. The third-order valence-corrected chi connectivity index (χ3v) is 4.31. The highest BCUT2D eigenvalue weighted by atomic mass is 32.1. The standard InChI is InChI=1S/C14H17N3O2S/c1-7(2)13-16-17-14(19-13)11-6-10(8(3)20-11)15-12(18)9-4-5-9/h6-7,9H,4-5H2,1-3H3,(H,15,18). The predicted octanol–water partition coefficient (Wildman–Crippen LogP) is 3.58. The van der Waals surface area contributed by atoms with Crippen LogP contribution in [0.25, 0.3) is 10.8 Å². The quantitative estimate of drug-likeness (QED) is 0.935. The third-order valence-electron chi connectivity index (χ3n) is 3.27. The van der Waals surface area contributed by atoms with Gasteiger partial charge < -0.3 is 9.73 Å². The summed E-state index contributed by atoms with van der Waals surface area (Å²) in [7, 11) is 0. The fraction of sp³-hybridized carbons (Fsp3) is 0.500. The maximum absolute atomic E-state index is 11.8. The second-order valence-electron chi connectivity index (χ2n) is 5.44. The van der Waals surface area contributed by atoms with Crippen LogP contribution in [-0.2, 0) is 4.79 Å². The zero-order valence-corrected chi connectivity index (χ0v) is 12.6. The third kappa shape index (κ3) is 2.60. The Kier molecular flexibility index (Phi) is 3.33. The van der Waals surface area contributed by atoms with E-state index in [0.717, 1.165) is 28.3 Å². The number of aryl methyl sites for hydroxylation is 1. The average Bonchev–Trinajstić information content (AvgIpc) is 3.02. The molecule has 20 heavy (non-hydrogen) atoms. The van der Waals surface area contributed by atoms with Crippen molar-refractivity contribution in [2.45, 2.75) is 39.5 Å². The maximum atomic E-state index is 11.8. The highest BCUT2D eigenvalue weighted by Crippen LogP contribution is 2.36. The van der Waals surface area contributed by atoms with E-state index in [1.165, 1.54) is 0 Å². The number of carbonyl (C=O) groups excluding carboxylic acids is 1. The van der Waals surface area contributed by atoms with E-state index in [1.54, 1.807) is 11.3 Å². The summed E-state index contributed by atoms with van der Waals surface area (Å²) in [6.07, 6.45) is 2.01. The van der Waals surface area contributed by atoms with E-state index >= 15 is 0 Å². The molecular weight excluding hydrogens is 274 g/mol. The molecule has 1 fully saturated rings. The second kappa shape index (κ2) is 5.01. The van der Waals surface area contributed by atoms with Crippen molar-refractivity contribution in [2.75, 3.05) is 5.32 Å². The van der Waals surface area contributed by atoms with Crippen molar-refractivity contribution in [1.29, 1.82) is 0 Å². The lowest BCUT2D eigenvalue weighted by Crippen LogP contribution is -2.13. The van der Waals surface area contributed by atoms with Crippen molar-refractivity contribution in [3.8, 4) is 10.8 Å². The van der Waals surface area contributed by atoms with Gasteiger partial charge in [0.15, 0.2) is 0 Å². The molecule has 0 radical (unpaired) electrons. The Balaban J connectivity index is 1.81. The first-order valence-electron chi connectivity index (χ1n) is 6.79. The molecule has 106 valence electrons. The molecule has 3 rings (SSSR count). The van der Waals surface area contributed by atoms with Gasteiger partial charge in [-0.25, -0.2) is 0 Å². The molecule has 5 nitrogen and oxygen atoms in total. The number of nitrogens with zero attached hydrogens (tertiary/aromatic N) is 2. The van der Waals surface area contributed by atoms with Gasteiger partial charge in [0, 0.05) is 16.7 Å². The van der Waals surface area contributed by atoms with Gasteiger partial charge in [0.25, 0.3) is 5.89 Å². The molecule has 2 aromatic rings. The Morgan fingerprint density at radius 3 is 2.80 bits per heavy atom. The molecule has 0 aliphatic heterocycles. The van der Waals surface area contributed by atoms with Crippen molar-refractivity contribution in [1.82, 2.24) is 10.2 Å². The fourth-order valence-corrected chi connectivity index (χ4v) is 2.76. The molecule has 1 amide bonds. The summed E-state index contributed by atoms with van der Waals surface area (Å²) < 4.78 is 5.64. The number of thiophene rings is 1. The molecule has 1 aliphatic carbocycles. The number of amides is 1. The first kappa shape index (κ1) is 13.3. The number of hydrogen-bond acceptors (Lipinski definition) is 5. The SMILES string of the molecule is Cc1sc(-c2nnc(C(C)C)o2)cc1NC(=O)C1CC1. The van der Waals surface area contributed by atoms with Crippen LogP contribution >= 0.6 is 11.3 Å². The Hall–Kier alpha value is -1.69. The van der Waals surface area contributed by atoms with Gasteiger partial charge >= 0.3 is 0 Å². The minimum Gasteiger partial charge on any atom is -0.420 e. The molecule has 1 aliphatic rings. The zero-order valence-electron chi connectivity index (χ0n) is 11.8. The summed E-state index contributed by atoms with van der Waals surface area (Å²) >= 11 is 1.56. The zero-order chi connectivity index (χ0) is 14.3.